The van der Waals surface area contributed by atoms with Crippen LogP contribution in [0, 0.1) is 0 Å². The number of carboxylic acid groups (broad SMARTS) is 1. The summed E-state index contributed by atoms with van der Waals surface area (Å²) in [6.45, 7) is 9.16. The van der Waals surface area contributed by atoms with Crippen LogP contribution in [0.2, 0.25) is 25.7 Å². The molecule has 0 atom stereocenters. The molecule has 0 aliphatic rings. The summed E-state index contributed by atoms with van der Waals surface area (Å²) in [4.78, 5) is 22.5. The standard InChI is InChI=1S/C22H42O4Si/c1-5-26-22(25)20(19-27(2,3)4)17-15-13-11-9-7-6-8-10-12-14-16-18-21(23)24/h17H,5-16,18-19H2,1-4H3,(H,23,24)/b20-17+. The first-order valence-corrected chi connectivity index (χ1v) is 14.5. The summed E-state index contributed by atoms with van der Waals surface area (Å²) in [6, 6.07) is 0.901. The lowest BCUT2D eigenvalue weighted by molar-refractivity contribution is -0.138. The van der Waals surface area contributed by atoms with Crippen LogP contribution < -0.4 is 0 Å². The van der Waals surface area contributed by atoms with Crippen molar-refractivity contribution in [3.63, 3.8) is 0 Å². The van der Waals surface area contributed by atoms with Crippen LogP contribution in [0.25, 0.3) is 0 Å². The Balaban J connectivity index is 3.75. The van der Waals surface area contributed by atoms with Crippen molar-refractivity contribution in [2.75, 3.05) is 6.61 Å². The van der Waals surface area contributed by atoms with E-state index in [1.807, 2.05) is 6.92 Å². The molecule has 0 unspecified atom stereocenters. The smallest absolute Gasteiger partial charge is 0.333 e. The molecule has 0 fully saturated rings. The van der Waals surface area contributed by atoms with Crippen molar-refractivity contribution in [1.82, 2.24) is 0 Å². The molecule has 27 heavy (non-hydrogen) atoms. The first-order chi connectivity index (χ1) is 12.8. The fourth-order valence-electron chi connectivity index (χ4n) is 3.13. The number of allylic oxidation sites excluding steroid dienone is 1. The quantitative estimate of drug-likeness (QED) is 0.130. The largest absolute Gasteiger partial charge is 0.481 e. The summed E-state index contributed by atoms with van der Waals surface area (Å²) in [5.74, 6) is -0.803. The molecule has 0 bridgehead atoms. The van der Waals surface area contributed by atoms with Crippen molar-refractivity contribution in [3.05, 3.63) is 11.6 Å². The van der Waals surface area contributed by atoms with Gasteiger partial charge in [-0.3, -0.25) is 4.79 Å². The predicted octanol–water partition coefficient (Wildman–Crippen LogP) is 6.58. The van der Waals surface area contributed by atoms with Gasteiger partial charge in [-0.15, -0.1) is 0 Å². The van der Waals surface area contributed by atoms with Crippen LogP contribution in [0.4, 0.5) is 0 Å². The van der Waals surface area contributed by atoms with E-state index in [9.17, 15) is 9.59 Å². The van der Waals surface area contributed by atoms with E-state index in [4.69, 9.17) is 9.84 Å². The molecule has 0 amide bonds. The molecule has 5 heteroatoms. The molecule has 0 aromatic carbocycles. The second kappa shape index (κ2) is 15.9. The number of carboxylic acids is 1. The number of carbonyl (C=O) groups excluding carboxylic acids is 1. The Morgan fingerprint density at radius 3 is 1.78 bits per heavy atom. The van der Waals surface area contributed by atoms with Gasteiger partial charge in [0.1, 0.15) is 0 Å². The van der Waals surface area contributed by atoms with E-state index in [0.29, 0.717) is 13.0 Å². The minimum absolute atomic E-state index is 0.122. The highest BCUT2D eigenvalue weighted by Gasteiger charge is 2.20. The van der Waals surface area contributed by atoms with Gasteiger partial charge in [0.25, 0.3) is 0 Å². The highest BCUT2D eigenvalue weighted by Crippen LogP contribution is 2.19. The highest BCUT2D eigenvalue weighted by atomic mass is 28.3. The SMILES string of the molecule is CCOC(=O)/C(=C/CCCCCCCCCCCCC(=O)O)C[Si](C)(C)C. The van der Waals surface area contributed by atoms with E-state index in [-0.39, 0.29) is 5.97 Å². The van der Waals surface area contributed by atoms with Crippen molar-refractivity contribution in [2.24, 2.45) is 0 Å². The predicted molar refractivity (Wildman–Crippen MR) is 116 cm³/mol. The molecule has 1 N–H and O–H groups in total. The van der Waals surface area contributed by atoms with Gasteiger partial charge < -0.3 is 9.84 Å². The van der Waals surface area contributed by atoms with E-state index in [1.54, 1.807) is 0 Å². The second-order valence-electron chi connectivity index (χ2n) is 8.66. The number of hydrogen-bond donors (Lipinski definition) is 1. The van der Waals surface area contributed by atoms with E-state index in [0.717, 1.165) is 43.7 Å². The van der Waals surface area contributed by atoms with Crippen molar-refractivity contribution >= 4 is 20.0 Å². The van der Waals surface area contributed by atoms with Gasteiger partial charge in [-0.05, 0) is 32.2 Å². The van der Waals surface area contributed by atoms with E-state index < -0.39 is 14.0 Å². The molecule has 0 saturated heterocycles. The summed E-state index contributed by atoms with van der Waals surface area (Å²) < 4.78 is 5.21. The minimum atomic E-state index is -1.32. The van der Waals surface area contributed by atoms with E-state index >= 15 is 0 Å². The lowest BCUT2D eigenvalue weighted by atomic mass is 10.0. The summed E-state index contributed by atoms with van der Waals surface area (Å²) in [7, 11) is -1.32. The zero-order valence-corrected chi connectivity index (χ0v) is 19.1. The van der Waals surface area contributed by atoms with Crippen molar-refractivity contribution in [2.45, 2.75) is 110 Å². The molecular formula is C22H42O4Si. The number of rotatable bonds is 17. The summed E-state index contributed by atoms with van der Waals surface area (Å²) >= 11 is 0. The van der Waals surface area contributed by atoms with Crippen LogP contribution in [0.3, 0.4) is 0 Å². The lowest BCUT2D eigenvalue weighted by Gasteiger charge is -2.17. The number of carbonyl (C=O) groups is 2. The van der Waals surface area contributed by atoms with Gasteiger partial charge in [0.15, 0.2) is 0 Å². The number of ether oxygens (including phenoxy) is 1. The first kappa shape index (κ1) is 25.9. The zero-order chi connectivity index (χ0) is 20.5. The fraction of sp³-hybridized carbons (Fsp3) is 0.818. The molecule has 0 heterocycles. The van der Waals surface area contributed by atoms with Crippen LogP contribution in [-0.4, -0.2) is 31.7 Å². The van der Waals surface area contributed by atoms with Gasteiger partial charge in [-0.2, -0.15) is 0 Å². The van der Waals surface area contributed by atoms with Crippen LogP contribution in [-0.2, 0) is 14.3 Å². The topological polar surface area (TPSA) is 63.6 Å². The number of unbranched alkanes of at least 4 members (excludes halogenated alkanes) is 10. The van der Waals surface area contributed by atoms with Gasteiger partial charge in [0, 0.05) is 20.1 Å². The Bertz CT molecular complexity index is 438. The molecular weight excluding hydrogens is 356 g/mol. The molecule has 0 aliphatic carbocycles. The summed E-state index contributed by atoms with van der Waals surface area (Å²) in [5, 5.41) is 8.58. The maximum Gasteiger partial charge on any atom is 0.333 e. The highest BCUT2D eigenvalue weighted by molar-refractivity contribution is 6.77. The molecule has 0 aromatic rings. The van der Waals surface area contributed by atoms with Crippen molar-refractivity contribution in [1.29, 1.82) is 0 Å². The van der Waals surface area contributed by atoms with Gasteiger partial charge >= 0.3 is 11.9 Å². The third-order valence-electron chi connectivity index (χ3n) is 4.49. The molecule has 0 saturated carbocycles. The van der Waals surface area contributed by atoms with Gasteiger partial charge in [0.2, 0.25) is 0 Å². The molecule has 0 spiro atoms. The zero-order valence-electron chi connectivity index (χ0n) is 18.1. The number of esters is 1. The molecule has 0 aromatic heterocycles. The van der Waals surface area contributed by atoms with Crippen LogP contribution in [0.15, 0.2) is 11.6 Å². The fourth-order valence-corrected chi connectivity index (χ4v) is 4.57. The number of hydrogen-bond acceptors (Lipinski definition) is 3. The number of aliphatic carboxylic acids is 1. The van der Waals surface area contributed by atoms with Crippen LogP contribution in [0.1, 0.15) is 84.0 Å². The average Bonchev–Trinajstić information content (AvgIpc) is 2.56. The Labute approximate surface area is 167 Å². The molecule has 0 aliphatic heterocycles. The third kappa shape index (κ3) is 18.0. The van der Waals surface area contributed by atoms with Gasteiger partial charge in [-0.25, -0.2) is 4.79 Å². The third-order valence-corrected chi connectivity index (χ3v) is 5.94. The summed E-state index contributed by atoms with van der Waals surface area (Å²) in [5.41, 5.74) is 0.888. The molecule has 158 valence electrons. The Morgan fingerprint density at radius 1 is 0.852 bits per heavy atom. The van der Waals surface area contributed by atoms with E-state index in [2.05, 4.69) is 25.7 Å². The molecule has 0 radical (unpaired) electrons. The molecule has 0 rings (SSSR count). The molecule has 4 nitrogen and oxygen atoms in total. The Hall–Kier alpha value is -1.10. The van der Waals surface area contributed by atoms with Crippen LogP contribution >= 0.6 is 0 Å². The second-order valence-corrected chi connectivity index (χ2v) is 14.1. The monoisotopic (exact) mass is 398 g/mol. The average molecular weight is 399 g/mol. The summed E-state index contributed by atoms with van der Waals surface area (Å²) in [6.07, 6.45) is 15.1. The van der Waals surface area contributed by atoms with Crippen molar-refractivity contribution in [3.8, 4) is 0 Å². The maximum absolute atomic E-state index is 12.1. The minimum Gasteiger partial charge on any atom is -0.481 e. The Kier molecular flexibility index (Phi) is 15.3. The first-order valence-electron chi connectivity index (χ1n) is 10.8. The maximum atomic E-state index is 12.1. The normalized spacial score (nSPS) is 12.2. The van der Waals surface area contributed by atoms with E-state index in [1.165, 1.54) is 38.5 Å². The van der Waals surface area contributed by atoms with Crippen LogP contribution in [0.5, 0.6) is 0 Å². The van der Waals surface area contributed by atoms with Gasteiger partial charge in [-0.1, -0.05) is 77.1 Å². The Morgan fingerprint density at radius 2 is 1.33 bits per heavy atom. The van der Waals surface area contributed by atoms with Gasteiger partial charge in [0.05, 0.1) is 6.61 Å². The lowest BCUT2D eigenvalue weighted by Crippen LogP contribution is -2.23. The van der Waals surface area contributed by atoms with Crippen molar-refractivity contribution < 1.29 is 19.4 Å².